The predicted molar refractivity (Wildman–Crippen MR) is 75.1 cm³/mol. The molecule has 92 valence electrons. The lowest BCUT2D eigenvalue weighted by Crippen LogP contribution is -1.94. The lowest BCUT2D eigenvalue weighted by Gasteiger charge is -2.13. The highest BCUT2D eigenvalue weighted by atomic mass is 32.1. The minimum absolute atomic E-state index is 0.412. The first-order valence-electron chi connectivity index (χ1n) is 5.84. The maximum Gasteiger partial charge on any atom is 0.122 e. The van der Waals surface area contributed by atoms with Gasteiger partial charge in [0.2, 0.25) is 0 Å². The van der Waals surface area contributed by atoms with Crippen LogP contribution in [0, 0.1) is 11.3 Å². The van der Waals surface area contributed by atoms with Crippen LogP contribution in [0.1, 0.15) is 30.2 Å². The third-order valence-electron chi connectivity index (χ3n) is 2.85. The average Bonchev–Trinajstić information content (AvgIpc) is 2.86. The van der Waals surface area contributed by atoms with E-state index >= 15 is 0 Å². The van der Waals surface area contributed by atoms with Crippen LogP contribution in [-0.4, -0.2) is 7.11 Å². The van der Waals surface area contributed by atoms with Crippen LogP contribution in [0.3, 0.4) is 0 Å². The van der Waals surface area contributed by atoms with Gasteiger partial charge in [-0.1, -0.05) is 13.8 Å². The van der Waals surface area contributed by atoms with Crippen molar-refractivity contribution in [2.45, 2.75) is 19.8 Å². The second-order valence-electron chi connectivity index (χ2n) is 4.39. The second-order valence-corrected chi connectivity index (χ2v) is 5.47. The van der Waals surface area contributed by atoms with Gasteiger partial charge in [-0.25, -0.2) is 0 Å². The van der Waals surface area contributed by atoms with Gasteiger partial charge in [0.1, 0.15) is 16.7 Å². The molecule has 0 bridgehead atoms. The Labute approximate surface area is 111 Å². The van der Waals surface area contributed by atoms with Crippen molar-refractivity contribution in [3.05, 3.63) is 40.8 Å². The predicted octanol–water partition coefficient (Wildman–Crippen LogP) is 4.42. The number of ether oxygens (including phenoxy) is 1. The molecule has 3 heteroatoms. The van der Waals surface area contributed by atoms with Gasteiger partial charge in [-0.2, -0.15) is 5.26 Å². The van der Waals surface area contributed by atoms with Crippen LogP contribution in [0.4, 0.5) is 0 Å². The molecule has 2 nitrogen and oxygen atoms in total. The van der Waals surface area contributed by atoms with Crippen LogP contribution < -0.4 is 4.74 Å². The molecule has 0 aliphatic carbocycles. The summed E-state index contributed by atoms with van der Waals surface area (Å²) in [6.07, 6.45) is 0. The molecule has 0 amide bonds. The van der Waals surface area contributed by atoms with Gasteiger partial charge in [0.05, 0.1) is 7.11 Å². The van der Waals surface area contributed by atoms with E-state index in [1.807, 2.05) is 24.3 Å². The number of nitriles is 1. The summed E-state index contributed by atoms with van der Waals surface area (Å²) in [5, 5.41) is 8.86. The Morgan fingerprint density at radius 3 is 2.56 bits per heavy atom. The molecule has 0 saturated carbocycles. The summed E-state index contributed by atoms with van der Waals surface area (Å²) in [5.74, 6) is 1.33. The molecule has 2 rings (SSSR count). The van der Waals surface area contributed by atoms with Crippen molar-refractivity contribution in [2.24, 2.45) is 0 Å². The first-order valence-corrected chi connectivity index (χ1v) is 6.65. The van der Waals surface area contributed by atoms with Crippen molar-refractivity contribution in [2.75, 3.05) is 7.11 Å². The Morgan fingerprint density at radius 2 is 2.00 bits per heavy atom. The van der Waals surface area contributed by atoms with Gasteiger partial charge in [0.25, 0.3) is 0 Å². The van der Waals surface area contributed by atoms with Gasteiger partial charge in [-0.3, -0.25) is 0 Å². The molecular weight excluding hydrogens is 242 g/mol. The molecule has 1 aromatic carbocycles. The van der Waals surface area contributed by atoms with Gasteiger partial charge in [0, 0.05) is 4.88 Å². The SMILES string of the molecule is COc1ccc(-c2ccc(C#N)s2)cc1C(C)C. The van der Waals surface area contributed by atoms with E-state index in [4.69, 9.17) is 10.00 Å². The normalized spacial score (nSPS) is 10.4. The van der Waals surface area contributed by atoms with Crippen molar-refractivity contribution < 1.29 is 4.74 Å². The smallest absolute Gasteiger partial charge is 0.122 e. The lowest BCUT2D eigenvalue weighted by atomic mass is 9.99. The summed E-state index contributed by atoms with van der Waals surface area (Å²) < 4.78 is 5.37. The van der Waals surface area contributed by atoms with Gasteiger partial charge >= 0.3 is 0 Å². The summed E-state index contributed by atoms with van der Waals surface area (Å²) in [4.78, 5) is 1.86. The lowest BCUT2D eigenvalue weighted by molar-refractivity contribution is 0.407. The van der Waals surface area contributed by atoms with Crippen molar-refractivity contribution in [3.63, 3.8) is 0 Å². The highest BCUT2D eigenvalue weighted by Gasteiger charge is 2.10. The zero-order valence-electron chi connectivity index (χ0n) is 10.7. The first-order chi connectivity index (χ1) is 8.65. The van der Waals surface area contributed by atoms with Crippen molar-refractivity contribution >= 4 is 11.3 Å². The zero-order chi connectivity index (χ0) is 13.1. The van der Waals surface area contributed by atoms with Crippen LogP contribution in [0.5, 0.6) is 5.75 Å². The zero-order valence-corrected chi connectivity index (χ0v) is 11.5. The minimum Gasteiger partial charge on any atom is -0.496 e. The quantitative estimate of drug-likeness (QED) is 0.815. The molecule has 2 aromatic rings. The molecule has 0 aliphatic heterocycles. The Hall–Kier alpha value is -1.79. The standard InChI is InChI=1S/C15H15NOS/c1-10(2)13-8-11(4-6-14(13)17-3)15-7-5-12(9-16)18-15/h4-8,10H,1-3H3. The van der Waals surface area contributed by atoms with E-state index < -0.39 is 0 Å². The number of nitrogens with zero attached hydrogens (tertiary/aromatic N) is 1. The molecule has 0 radical (unpaired) electrons. The van der Waals surface area contributed by atoms with E-state index in [0.29, 0.717) is 5.92 Å². The van der Waals surface area contributed by atoms with E-state index in [-0.39, 0.29) is 0 Å². The number of hydrogen-bond donors (Lipinski definition) is 0. The molecule has 1 heterocycles. The topological polar surface area (TPSA) is 33.0 Å². The maximum atomic E-state index is 8.86. The molecule has 0 fully saturated rings. The number of benzene rings is 1. The Morgan fingerprint density at radius 1 is 1.22 bits per heavy atom. The van der Waals surface area contributed by atoms with Crippen LogP contribution in [0.15, 0.2) is 30.3 Å². The Kier molecular flexibility index (Phi) is 3.69. The molecule has 0 atom stereocenters. The van der Waals surface area contributed by atoms with Gasteiger partial charge < -0.3 is 4.74 Å². The maximum absolute atomic E-state index is 8.86. The molecule has 0 unspecified atom stereocenters. The molecule has 18 heavy (non-hydrogen) atoms. The summed E-state index contributed by atoms with van der Waals surface area (Å²) >= 11 is 1.52. The Bertz CT molecular complexity index is 593. The molecule has 0 saturated heterocycles. The summed E-state index contributed by atoms with van der Waals surface area (Å²) in [7, 11) is 1.69. The van der Waals surface area contributed by atoms with E-state index in [1.54, 1.807) is 7.11 Å². The third-order valence-corrected chi connectivity index (χ3v) is 3.89. The van der Waals surface area contributed by atoms with E-state index in [1.165, 1.54) is 16.9 Å². The molecule has 1 aromatic heterocycles. The fourth-order valence-corrected chi connectivity index (χ4v) is 2.69. The highest BCUT2D eigenvalue weighted by molar-refractivity contribution is 7.16. The Balaban J connectivity index is 2.46. The van der Waals surface area contributed by atoms with Gasteiger partial charge in [-0.15, -0.1) is 11.3 Å². The summed E-state index contributed by atoms with van der Waals surface area (Å²) in [6.45, 7) is 4.30. The number of methoxy groups -OCH3 is 1. The van der Waals surface area contributed by atoms with Crippen molar-refractivity contribution in [1.82, 2.24) is 0 Å². The third kappa shape index (κ3) is 2.39. The number of hydrogen-bond acceptors (Lipinski definition) is 3. The summed E-state index contributed by atoms with van der Waals surface area (Å²) in [6, 6.07) is 12.2. The number of thiophene rings is 1. The minimum atomic E-state index is 0.412. The van der Waals surface area contributed by atoms with Gasteiger partial charge in [-0.05, 0) is 47.4 Å². The van der Waals surface area contributed by atoms with Crippen LogP contribution in [-0.2, 0) is 0 Å². The number of rotatable bonds is 3. The largest absolute Gasteiger partial charge is 0.496 e. The molecule has 0 N–H and O–H groups in total. The van der Waals surface area contributed by atoms with Crippen LogP contribution in [0.25, 0.3) is 10.4 Å². The first kappa shape index (κ1) is 12.7. The fourth-order valence-electron chi connectivity index (χ4n) is 1.89. The monoisotopic (exact) mass is 257 g/mol. The van der Waals surface area contributed by atoms with Gasteiger partial charge in [0.15, 0.2) is 0 Å². The van der Waals surface area contributed by atoms with E-state index in [2.05, 4.69) is 26.0 Å². The van der Waals surface area contributed by atoms with E-state index in [0.717, 1.165) is 21.1 Å². The molecule has 0 spiro atoms. The van der Waals surface area contributed by atoms with Crippen molar-refractivity contribution in [3.8, 4) is 22.3 Å². The van der Waals surface area contributed by atoms with Crippen molar-refractivity contribution in [1.29, 1.82) is 5.26 Å². The fraction of sp³-hybridized carbons (Fsp3) is 0.267. The molecule has 0 aliphatic rings. The second kappa shape index (κ2) is 5.24. The highest BCUT2D eigenvalue weighted by Crippen LogP contribution is 2.34. The van der Waals surface area contributed by atoms with Crippen LogP contribution in [0.2, 0.25) is 0 Å². The molecular formula is C15H15NOS. The summed E-state index contributed by atoms with van der Waals surface area (Å²) in [5.41, 5.74) is 2.34. The van der Waals surface area contributed by atoms with Crippen LogP contribution >= 0.6 is 11.3 Å². The average molecular weight is 257 g/mol. The van der Waals surface area contributed by atoms with E-state index in [9.17, 15) is 0 Å².